The Bertz CT molecular complexity index is 683. The van der Waals surface area contributed by atoms with Crippen LogP contribution in [-0.2, 0) is 17.6 Å². The third-order valence-corrected chi connectivity index (χ3v) is 3.41. The van der Waals surface area contributed by atoms with Crippen LogP contribution in [-0.4, -0.2) is 22.5 Å². The summed E-state index contributed by atoms with van der Waals surface area (Å²) in [5.41, 5.74) is 10.0. The molecule has 0 aliphatic heterocycles. The molecule has 0 aromatic carbocycles. The Balaban J connectivity index is 2.10. The lowest BCUT2D eigenvalue weighted by molar-refractivity contribution is 0.0527. The lowest BCUT2D eigenvalue weighted by Gasteiger charge is -2.19. The number of aromatic nitrogens is 2. The minimum absolute atomic E-state index is 0.195. The molecule has 0 atom stereocenters. The molecule has 0 saturated carbocycles. The number of aryl methyl sites for hydroxylation is 2. The Hall–Kier alpha value is -2.43. The average molecular weight is 269 g/mol. The molecule has 0 saturated heterocycles. The van der Waals surface area contributed by atoms with Crippen molar-refractivity contribution < 1.29 is 9.53 Å². The van der Waals surface area contributed by atoms with Crippen LogP contribution < -0.4 is 5.73 Å². The zero-order valence-electron chi connectivity index (χ0n) is 11.2. The van der Waals surface area contributed by atoms with Crippen LogP contribution in [0, 0.1) is 0 Å². The number of anilines is 1. The van der Waals surface area contributed by atoms with Crippen molar-refractivity contribution in [3.05, 3.63) is 41.1 Å². The molecule has 5 heteroatoms. The molecule has 2 aromatic heterocycles. The van der Waals surface area contributed by atoms with Crippen LogP contribution in [0.1, 0.15) is 28.4 Å². The standard InChI is InChI=1S/C15H15N3O2/c1-2-20-15(19)11-8-10-6-5-9-4-3-7-17-12(9)13(10)18-14(11)16/h3-4,7-8H,2,5-6H2,1H3,(H2,16,18). The van der Waals surface area contributed by atoms with E-state index in [-0.39, 0.29) is 5.82 Å². The minimum Gasteiger partial charge on any atom is -0.462 e. The number of rotatable bonds is 2. The summed E-state index contributed by atoms with van der Waals surface area (Å²) in [5, 5.41) is 0. The molecule has 0 amide bonds. The summed E-state index contributed by atoms with van der Waals surface area (Å²) >= 11 is 0. The topological polar surface area (TPSA) is 78.1 Å². The molecule has 2 N–H and O–H groups in total. The van der Waals surface area contributed by atoms with Crippen LogP contribution in [0.25, 0.3) is 11.4 Å². The first kappa shape index (κ1) is 12.6. The van der Waals surface area contributed by atoms with E-state index < -0.39 is 5.97 Å². The van der Waals surface area contributed by atoms with E-state index in [2.05, 4.69) is 9.97 Å². The van der Waals surface area contributed by atoms with E-state index in [0.717, 1.165) is 35.4 Å². The fraction of sp³-hybridized carbons (Fsp3) is 0.267. The van der Waals surface area contributed by atoms with Gasteiger partial charge >= 0.3 is 5.97 Å². The van der Waals surface area contributed by atoms with E-state index in [9.17, 15) is 4.79 Å². The lowest BCUT2D eigenvalue weighted by atomic mass is 9.92. The van der Waals surface area contributed by atoms with Gasteiger partial charge in [0.15, 0.2) is 0 Å². The zero-order valence-corrected chi connectivity index (χ0v) is 11.2. The molecule has 102 valence electrons. The van der Waals surface area contributed by atoms with E-state index in [4.69, 9.17) is 10.5 Å². The summed E-state index contributed by atoms with van der Waals surface area (Å²) in [6.07, 6.45) is 3.46. The van der Waals surface area contributed by atoms with E-state index >= 15 is 0 Å². The van der Waals surface area contributed by atoms with Crippen molar-refractivity contribution in [1.82, 2.24) is 9.97 Å². The predicted molar refractivity (Wildman–Crippen MR) is 75.2 cm³/mol. The van der Waals surface area contributed by atoms with Crippen LogP contribution in [0.2, 0.25) is 0 Å². The molecule has 2 heterocycles. The van der Waals surface area contributed by atoms with Gasteiger partial charge in [0.2, 0.25) is 0 Å². The van der Waals surface area contributed by atoms with Crippen LogP contribution in [0.15, 0.2) is 24.4 Å². The quantitative estimate of drug-likeness (QED) is 0.844. The summed E-state index contributed by atoms with van der Waals surface area (Å²) < 4.78 is 4.99. The van der Waals surface area contributed by atoms with Crippen molar-refractivity contribution in [2.45, 2.75) is 19.8 Å². The monoisotopic (exact) mass is 269 g/mol. The molecule has 1 aliphatic rings. The molecule has 0 fully saturated rings. The second-order valence-corrected chi connectivity index (χ2v) is 4.66. The van der Waals surface area contributed by atoms with E-state index in [0.29, 0.717) is 12.2 Å². The third-order valence-electron chi connectivity index (χ3n) is 3.41. The van der Waals surface area contributed by atoms with Gasteiger partial charge in [0, 0.05) is 6.20 Å². The number of ether oxygens (including phenoxy) is 1. The van der Waals surface area contributed by atoms with Crippen LogP contribution in [0.4, 0.5) is 5.82 Å². The summed E-state index contributed by atoms with van der Waals surface area (Å²) in [5.74, 6) is -0.229. The first-order valence-corrected chi connectivity index (χ1v) is 6.61. The number of nitrogens with zero attached hydrogens (tertiary/aromatic N) is 2. The first-order chi connectivity index (χ1) is 9.70. The third kappa shape index (κ3) is 2.01. The first-order valence-electron chi connectivity index (χ1n) is 6.61. The molecule has 0 unspecified atom stereocenters. The summed E-state index contributed by atoms with van der Waals surface area (Å²) in [6, 6.07) is 5.75. The summed E-state index contributed by atoms with van der Waals surface area (Å²) in [4.78, 5) is 20.6. The number of esters is 1. The molecule has 1 aliphatic carbocycles. The highest BCUT2D eigenvalue weighted by molar-refractivity contribution is 5.95. The van der Waals surface area contributed by atoms with Crippen molar-refractivity contribution in [1.29, 1.82) is 0 Å². The maximum atomic E-state index is 11.8. The van der Waals surface area contributed by atoms with E-state index in [1.165, 1.54) is 0 Å². The fourth-order valence-corrected chi connectivity index (χ4v) is 2.46. The average Bonchev–Trinajstić information content (AvgIpc) is 2.46. The van der Waals surface area contributed by atoms with Gasteiger partial charge < -0.3 is 10.5 Å². The number of hydrogen-bond donors (Lipinski definition) is 1. The number of hydrogen-bond acceptors (Lipinski definition) is 5. The van der Waals surface area contributed by atoms with Gasteiger partial charge in [-0.2, -0.15) is 0 Å². The molecule has 0 bridgehead atoms. The number of nitrogen functional groups attached to an aromatic ring is 1. The van der Waals surface area contributed by atoms with Gasteiger partial charge in [-0.25, -0.2) is 9.78 Å². The van der Waals surface area contributed by atoms with Crippen LogP contribution in [0.5, 0.6) is 0 Å². The Labute approximate surface area is 116 Å². The molecule has 5 nitrogen and oxygen atoms in total. The Morgan fingerprint density at radius 2 is 2.15 bits per heavy atom. The Kier molecular flexibility index (Phi) is 3.10. The molecule has 3 rings (SSSR count). The Morgan fingerprint density at radius 1 is 1.35 bits per heavy atom. The van der Waals surface area contributed by atoms with Gasteiger partial charge in [-0.3, -0.25) is 4.98 Å². The smallest absolute Gasteiger partial charge is 0.341 e. The van der Waals surface area contributed by atoms with Gasteiger partial charge in [0.25, 0.3) is 0 Å². The molecule has 0 spiro atoms. The number of fused-ring (bicyclic) bond motifs is 3. The summed E-state index contributed by atoms with van der Waals surface area (Å²) in [7, 11) is 0. The maximum absolute atomic E-state index is 11.8. The van der Waals surface area contributed by atoms with Crippen molar-refractivity contribution in [3.63, 3.8) is 0 Å². The predicted octanol–water partition coefficient (Wildman–Crippen LogP) is 2.00. The van der Waals surface area contributed by atoms with Crippen molar-refractivity contribution >= 4 is 11.8 Å². The van der Waals surface area contributed by atoms with Crippen LogP contribution in [0.3, 0.4) is 0 Å². The fourth-order valence-electron chi connectivity index (χ4n) is 2.46. The highest BCUT2D eigenvalue weighted by atomic mass is 16.5. The van der Waals surface area contributed by atoms with E-state index in [1.807, 2.05) is 12.1 Å². The molecule has 0 radical (unpaired) electrons. The zero-order chi connectivity index (χ0) is 14.1. The molecule has 2 aromatic rings. The normalized spacial score (nSPS) is 12.4. The highest BCUT2D eigenvalue weighted by Crippen LogP contribution is 2.32. The second kappa shape index (κ2) is 4.92. The molecule has 20 heavy (non-hydrogen) atoms. The number of pyridine rings is 2. The van der Waals surface area contributed by atoms with Gasteiger partial charge in [0.05, 0.1) is 18.0 Å². The summed E-state index contributed by atoms with van der Waals surface area (Å²) in [6.45, 7) is 2.08. The molecular weight excluding hydrogens is 254 g/mol. The lowest BCUT2D eigenvalue weighted by Crippen LogP contribution is -2.14. The maximum Gasteiger partial charge on any atom is 0.341 e. The minimum atomic E-state index is -0.424. The highest BCUT2D eigenvalue weighted by Gasteiger charge is 2.22. The van der Waals surface area contributed by atoms with Gasteiger partial charge in [0.1, 0.15) is 11.4 Å². The largest absolute Gasteiger partial charge is 0.462 e. The van der Waals surface area contributed by atoms with Gasteiger partial charge in [-0.05, 0) is 43.0 Å². The SMILES string of the molecule is CCOC(=O)c1cc2c(nc1N)-c1ncccc1CC2. The van der Waals surface area contributed by atoms with E-state index in [1.54, 1.807) is 19.2 Å². The van der Waals surface area contributed by atoms with Crippen molar-refractivity contribution in [2.24, 2.45) is 0 Å². The number of nitrogens with two attached hydrogens (primary N) is 1. The number of carbonyl (C=O) groups excluding carboxylic acids is 1. The molecular formula is C15H15N3O2. The van der Waals surface area contributed by atoms with Crippen LogP contribution >= 0.6 is 0 Å². The number of carbonyl (C=O) groups is 1. The van der Waals surface area contributed by atoms with Crippen molar-refractivity contribution in [3.8, 4) is 11.4 Å². The second-order valence-electron chi connectivity index (χ2n) is 4.66. The Morgan fingerprint density at radius 3 is 2.95 bits per heavy atom. The van der Waals surface area contributed by atoms with Crippen molar-refractivity contribution in [2.75, 3.05) is 12.3 Å². The van der Waals surface area contributed by atoms with Gasteiger partial charge in [-0.1, -0.05) is 6.07 Å². The van der Waals surface area contributed by atoms with Gasteiger partial charge in [-0.15, -0.1) is 0 Å².